The van der Waals surface area contributed by atoms with E-state index >= 15 is 0 Å². The summed E-state index contributed by atoms with van der Waals surface area (Å²) in [6.07, 6.45) is 1.11. The van der Waals surface area contributed by atoms with Crippen LogP contribution in [0.2, 0.25) is 0 Å². The average molecular weight is 337 g/mol. The zero-order valence-electron chi connectivity index (χ0n) is 14.1. The Hall–Kier alpha value is -3.08. The van der Waals surface area contributed by atoms with Crippen molar-refractivity contribution in [2.24, 2.45) is 0 Å². The third kappa shape index (κ3) is 3.26. The zero-order valence-corrected chi connectivity index (χ0v) is 14.1. The van der Waals surface area contributed by atoms with Crippen molar-refractivity contribution in [1.82, 2.24) is 4.98 Å². The lowest BCUT2D eigenvalue weighted by atomic mass is 9.97. The highest BCUT2D eigenvalue weighted by Gasteiger charge is 2.17. The van der Waals surface area contributed by atoms with Crippen LogP contribution in [-0.2, 0) is 4.79 Å². The van der Waals surface area contributed by atoms with Gasteiger partial charge in [0, 0.05) is 11.8 Å². The number of pyridine rings is 1. The molecule has 0 bridgehead atoms. The number of ether oxygens (including phenoxy) is 1. The van der Waals surface area contributed by atoms with Crippen molar-refractivity contribution < 1.29 is 14.6 Å². The second-order valence-electron chi connectivity index (χ2n) is 5.91. The van der Waals surface area contributed by atoms with Crippen molar-refractivity contribution >= 4 is 16.7 Å². The first-order valence-electron chi connectivity index (χ1n) is 8.12. The highest BCUT2D eigenvalue weighted by atomic mass is 16.5. The molecule has 1 aromatic heterocycles. The number of aromatic nitrogens is 1. The number of carbonyl (C=O) groups is 1. The summed E-state index contributed by atoms with van der Waals surface area (Å²) >= 11 is 0. The Bertz CT molecular complexity index is 990. The molecule has 2 aromatic carbocycles. The molecule has 0 spiro atoms. The van der Waals surface area contributed by atoms with Crippen molar-refractivity contribution in [3.8, 4) is 16.9 Å². The smallest absolute Gasteiger partial charge is 0.344 e. The Morgan fingerprint density at radius 1 is 1.16 bits per heavy atom. The molecule has 0 fully saturated rings. The van der Waals surface area contributed by atoms with E-state index in [4.69, 9.17) is 9.84 Å². The number of hydrogen-bond acceptors (Lipinski definition) is 3. The maximum atomic E-state index is 12.3. The number of H-pyrrole nitrogens is 1. The number of fused-ring (bicyclic) bond motifs is 1. The van der Waals surface area contributed by atoms with Gasteiger partial charge in [0.25, 0.3) is 5.56 Å². The molecule has 1 atom stereocenters. The molecule has 128 valence electrons. The lowest BCUT2D eigenvalue weighted by Gasteiger charge is -2.14. The fourth-order valence-electron chi connectivity index (χ4n) is 2.88. The van der Waals surface area contributed by atoms with Crippen molar-refractivity contribution in [2.75, 3.05) is 0 Å². The number of rotatable bonds is 5. The summed E-state index contributed by atoms with van der Waals surface area (Å²) in [5.74, 6) is -0.653. The van der Waals surface area contributed by atoms with Crippen molar-refractivity contribution in [3.05, 3.63) is 64.6 Å². The van der Waals surface area contributed by atoms with E-state index in [-0.39, 0.29) is 5.56 Å². The number of aliphatic carboxylic acids is 1. The summed E-state index contributed by atoms with van der Waals surface area (Å²) in [6.45, 7) is 3.76. The molecular weight excluding hydrogens is 318 g/mol. The fraction of sp³-hybridized carbons (Fsp3) is 0.200. The first-order chi connectivity index (χ1) is 12.0. The van der Waals surface area contributed by atoms with Crippen molar-refractivity contribution in [3.63, 3.8) is 0 Å². The van der Waals surface area contributed by atoms with Crippen molar-refractivity contribution in [2.45, 2.75) is 26.4 Å². The van der Waals surface area contributed by atoms with Gasteiger partial charge in [0.2, 0.25) is 0 Å². The summed E-state index contributed by atoms with van der Waals surface area (Å²) in [5.41, 5.74) is 2.83. The van der Waals surface area contributed by atoms with Crippen molar-refractivity contribution in [1.29, 1.82) is 0 Å². The molecule has 0 aliphatic rings. The minimum absolute atomic E-state index is 0.235. The first kappa shape index (κ1) is 16.8. The predicted octanol–water partition coefficient (Wildman–Crippen LogP) is 3.75. The van der Waals surface area contributed by atoms with Crippen LogP contribution in [0.15, 0.2) is 53.5 Å². The molecule has 3 aromatic rings. The largest absolute Gasteiger partial charge is 0.479 e. The van der Waals surface area contributed by atoms with Crippen LogP contribution in [-0.4, -0.2) is 22.2 Å². The van der Waals surface area contributed by atoms with Crippen LogP contribution in [0.25, 0.3) is 21.9 Å². The van der Waals surface area contributed by atoms with E-state index in [0.29, 0.717) is 17.6 Å². The Kier molecular flexibility index (Phi) is 4.57. The average Bonchev–Trinajstić information content (AvgIpc) is 2.61. The highest BCUT2D eigenvalue weighted by molar-refractivity contribution is 5.97. The second-order valence-corrected chi connectivity index (χ2v) is 5.91. The molecule has 0 aliphatic carbocycles. The van der Waals surface area contributed by atoms with Gasteiger partial charge in [-0.3, -0.25) is 4.79 Å². The Labute approximate surface area is 144 Å². The van der Waals surface area contributed by atoms with Gasteiger partial charge in [-0.1, -0.05) is 31.2 Å². The predicted molar refractivity (Wildman–Crippen MR) is 97.1 cm³/mol. The molecule has 1 heterocycles. The number of nitrogens with one attached hydrogen (secondary N) is 1. The van der Waals surface area contributed by atoms with Gasteiger partial charge in [0.15, 0.2) is 6.10 Å². The third-order valence-electron chi connectivity index (χ3n) is 4.23. The van der Waals surface area contributed by atoms with Crippen LogP contribution in [0.3, 0.4) is 0 Å². The minimum atomic E-state index is -1.02. The molecule has 0 unspecified atom stereocenters. The van der Waals surface area contributed by atoms with Crippen LogP contribution >= 0.6 is 0 Å². The molecule has 25 heavy (non-hydrogen) atoms. The summed E-state index contributed by atoms with van der Waals surface area (Å²) in [5, 5.41) is 10.4. The van der Waals surface area contributed by atoms with E-state index in [2.05, 4.69) is 4.98 Å². The van der Waals surface area contributed by atoms with E-state index in [1.165, 1.54) is 0 Å². The summed E-state index contributed by atoms with van der Waals surface area (Å²) in [6, 6.07) is 13.0. The molecule has 3 rings (SSSR count). The van der Waals surface area contributed by atoms with Gasteiger partial charge in [0.05, 0.1) is 5.39 Å². The van der Waals surface area contributed by atoms with E-state index in [9.17, 15) is 9.59 Å². The normalized spacial score (nSPS) is 12.1. The molecule has 0 amide bonds. The molecule has 5 nitrogen and oxygen atoms in total. The van der Waals surface area contributed by atoms with E-state index < -0.39 is 12.1 Å². The second kappa shape index (κ2) is 6.81. The lowest BCUT2D eigenvalue weighted by molar-refractivity contribution is -0.145. The molecule has 0 saturated heterocycles. The van der Waals surface area contributed by atoms with Crippen LogP contribution in [0.4, 0.5) is 0 Å². The SMILES string of the molecule is CC[C@@H](Oc1ccc2c(-c3ccccc3C)c[nH]c(=O)c2c1)C(=O)O. The fourth-order valence-corrected chi connectivity index (χ4v) is 2.88. The van der Waals surface area contributed by atoms with Gasteiger partial charge in [-0.2, -0.15) is 0 Å². The summed E-state index contributed by atoms with van der Waals surface area (Å²) < 4.78 is 5.51. The molecule has 5 heteroatoms. The number of carboxylic acid groups (broad SMARTS) is 1. The topological polar surface area (TPSA) is 79.4 Å². The van der Waals surface area contributed by atoms with Crippen LogP contribution in [0.5, 0.6) is 5.75 Å². The summed E-state index contributed by atoms with van der Waals surface area (Å²) in [4.78, 5) is 26.2. The molecule has 2 N–H and O–H groups in total. The maximum absolute atomic E-state index is 12.3. The quantitative estimate of drug-likeness (QED) is 0.743. The van der Waals surface area contributed by atoms with Crippen LogP contribution in [0, 0.1) is 6.92 Å². The molecular formula is C20H19NO4. The number of hydrogen-bond donors (Lipinski definition) is 2. The van der Waals surface area contributed by atoms with Gasteiger partial charge in [0.1, 0.15) is 5.75 Å². The van der Waals surface area contributed by atoms with Crippen LogP contribution < -0.4 is 10.3 Å². The van der Waals surface area contributed by atoms with Crippen LogP contribution in [0.1, 0.15) is 18.9 Å². The highest BCUT2D eigenvalue weighted by Crippen LogP contribution is 2.30. The Morgan fingerprint density at radius 2 is 1.92 bits per heavy atom. The monoisotopic (exact) mass is 337 g/mol. The number of carboxylic acids is 1. The van der Waals surface area contributed by atoms with Gasteiger partial charge in [-0.05, 0) is 48.1 Å². The summed E-state index contributed by atoms with van der Waals surface area (Å²) in [7, 11) is 0. The third-order valence-corrected chi connectivity index (χ3v) is 4.23. The van der Waals surface area contributed by atoms with Gasteiger partial charge >= 0.3 is 5.97 Å². The maximum Gasteiger partial charge on any atom is 0.344 e. The Morgan fingerprint density at radius 3 is 2.60 bits per heavy atom. The Balaban J connectivity index is 2.12. The molecule has 0 saturated carbocycles. The number of aryl methyl sites for hydroxylation is 1. The van der Waals surface area contributed by atoms with E-state index in [1.54, 1.807) is 31.3 Å². The van der Waals surface area contributed by atoms with Gasteiger partial charge in [-0.15, -0.1) is 0 Å². The number of benzene rings is 2. The van der Waals surface area contributed by atoms with Gasteiger partial charge < -0.3 is 14.8 Å². The van der Waals surface area contributed by atoms with E-state index in [0.717, 1.165) is 22.1 Å². The lowest BCUT2D eigenvalue weighted by Crippen LogP contribution is -2.25. The molecule has 0 aliphatic heterocycles. The first-order valence-corrected chi connectivity index (χ1v) is 8.12. The minimum Gasteiger partial charge on any atom is -0.479 e. The molecule has 0 radical (unpaired) electrons. The number of aromatic amines is 1. The van der Waals surface area contributed by atoms with E-state index in [1.807, 2.05) is 31.2 Å². The van der Waals surface area contributed by atoms with Gasteiger partial charge in [-0.25, -0.2) is 4.79 Å². The standard InChI is InChI=1S/C20H19NO4/c1-3-18(20(23)24)25-13-8-9-15-16(10-13)19(22)21-11-17(15)14-7-5-4-6-12(14)2/h4-11,18H,3H2,1-2H3,(H,21,22)(H,23,24)/t18-/m1/s1. The zero-order chi connectivity index (χ0) is 18.0.